The van der Waals surface area contributed by atoms with Crippen LogP contribution < -0.4 is 4.90 Å². The molecule has 0 spiro atoms. The van der Waals surface area contributed by atoms with E-state index in [-0.39, 0.29) is 17.7 Å². The third-order valence-corrected chi connectivity index (χ3v) is 3.91. The smallest absolute Gasteiger partial charge is 0.310 e. The molecule has 0 aliphatic carbocycles. The van der Waals surface area contributed by atoms with Crippen LogP contribution in [0.1, 0.15) is 43.5 Å². The van der Waals surface area contributed by atoms with Crippen molar-refractivity contribution < 1.29 is 14.3 Å². The Morgan fingerprint density at radius 2 is 2.05 bits per heavy atom. The van der Waals surface area contributed by atoms with Crippen molar-refractivity contribution >= 4 is 17.4 Å². The van der Waals surface area contributed by atoms with Crippen molar-refractivity contribution in [2.75, 3.05) is 24.6 Å². The fourth-order valence-electron chi connectivity index (χ4n) is 2.82. The van der Waals surface area contributed by atoms with Crippen LogP contribution in [-0.2, 0) is 9.53 Å². The molecule has 1 aliphatic heterocycles. The fraction of sp³-hybridized carbons (Fsp3) is 0.529. The number of piperidine rings is 1. The largest absolute Gasteiger partial charge is 0.466 e. The maximum Gasteiger partial charge on any atom is 0.310 e. The lowest BCUT2D eigenvalue weighted by Crippen LogP contribution is -2.40. The average molecular weight is 289 g/mol. The number of ketones is 1. The molecule has 0 N–H and O–H groups in total. The lowest BCUT2D eigenvalue weighted by molar-refractivity contribution is -0.148. The monoisotopic (exact) mass is 289 g/mol. The number of hydrogen-bond acceptors (Lipinski definition) is 4. The predicted octanol–water partition coefficient (Wildman–Crippen LogP) is 3.06. The topological polar surface area (TPSA) is 46.6 Å². The minimum absolute atomic E-state index is 0.0940. The van der Waals surface area contributed by atoms with Crippen molar-refractivity contribution in [2.24, 2.45) is 5.92 Å². The van der Waals surface area contributed by atoms with Gasteiger partial charge in [-0.3, -0.25) is 9.59 Å². The summed E-state index contributed by atoms with van der Waals surface area (Å²) in [5.74, 6) is -0.0751. The first-order valence-electron chi connectivity index (χ1n) is 7.71. The second kappa shape index (κ2) is 7.25. The van der Waals surface area contributed by atoms with E-state index in [0.717, 1.165) is 30.6 Å². The van der Waals surface area contributed by atoms with Gasteiger partial charge >= 0.3 is 5.97 Å². The summed E-state index contributed by atoms with van der Waals surface area (Å²) in [6.45, 7) is 5.63. The van der Waals surface area contributed by atoms with Crippen LogP contribution in [0.25, 0.3) is 0 Å². The van der Waals surface area contributed by atoms with E-state index in [1.54, 1.807) is 0 Å². The Morgan fingerprint density at radius 1 is 1.29 bits per heavy atom. The van der Waals surface area contributed by atoms with Gasteiger partial charge in [0.1, 0.15) is 0 Å². The molecule has 114 valence electrons. The zero-order chi connectivity index (χ0) is 15.2. The number of carbonyl (C=O) groups excluding carboxylic acids is 2. The van der Waals surface area contributed by atoms with Gasteiger partial charge in [-0.2, -0.15) is 0 Å². The second-order valence-corrected chi connectivity index (χ2v) is 5.33. The molecule has 4 nitrogen and oxygen atoms in total. The van der Waals surface area contributed by atoms with Gasteiger partial charge in [0.25, 0.3) is 0 Å². The SMILES string of the molecule is CCOC(=O)C1CCCN(c2ccccc2C(=O)CC)C1. The Hall–Kier alpha value is -1.84. The maximum absolute atomic E-state index is 12.1. The first-order valence-corrected chi connectivity index (χ1v) is 7.71. The van der Waals surface area contributed by atoms with E-state index in [1.165, 1.54) is 0 Å². The highest BCUT2D eigenvalue weighted by Gasteiger charge is 2.28. The van der Waals surface area contributed by atoms with Gasteiger partial charge in [-0.1, -0.05) is 19.1 Å². The molecule has 1 saturated heterocycles. The van der Waals surface area contributed by atoms with Crippen LogP contribution in [0.5, 0.6) is 0 Å². The first kappa shape index (κ1) is 15.5. The molecule has 2 rings (SSSR count). The second-order valence-electron chi connectivity index (χ2n) is 5.33. The summed E-state index contributed by atoms with van der Waals surface area (Å²) in [7, 11) is 0. The van der Waals surface area contributed by atoms with Gasteiger partial charge in [0, 0.05) is 30.8 Å². The normalized spacial score (nSPS) is 18.4. The van der Waals surface area contributed by atoms with Crippen LogP contribution in [0.4, 0.5) is 5.69 Å². The Balaban J connectivity index is 2.18. The van der Waals surface area contributed by atoms with Crippen molar-refractivity contribution in [3.05, 3.63) is 29.8 Å². The predicted molar refractivity (Wildman–Crippen MR) is 82.6 cm³/mol. The lowest BCUT2D eigenvalue weighted by atomic mass is 9.96. The number of esters is 1. The van der Waals surface area contributed by atoms with Crippen LogP contribution in [0.15, 0.2) is 24.3 Å². The van der Waals surface area contributed by atoms with Gasteiger partial charge in [-0.15, -0.1) is 0 Å². The van der Waals surface area contributed by atoms with Crippen molar-refractivity contribution in [1.82, 2.24) is 0 Å². The molecule has 1 atom stereocenters. The van der Waals surface area contributed by atoms with Crippen LogP contribution >= 0.6 is 0 Å². The first-order chi connectivity index (χ1) is 10.2. The molecule has 0 aromatic heterocycles. The fourth-order valence-corrected chi connectivity index (χ4v) is 2.82. The van der Waals surface area contributed by atoms with Gasteiger partial charge in [0.2, 0.25) is 0 Å². The minimum atomic E-state index is -0.124. The van der Waals surface area contributed by atoms with E-state index in [0.29, 0.717) is 19.6 Å². The number of rotatable bonds is 5. The molecule has 1 aromatic rings. The maximum atomic E-state index is 12.1. The van der Waals surface area contributed by atoms with Crippen LogP contribution in [0.3, 0.4) is 0 Å². The number of carbonyl (C=O) groups is 2. The summed E-state index contributed by atoms with van der Waals surface area (Å²) in [5.41, 5.74) is 1.70. The lowest BCUT2D eigenvalue weighted by Gasteiger charge is -2.34. The zero-order valence-electron chi connectivity index (χ0n) is 12.8. The molecular formula is C17H23NO3. The van der Waals surface area contributed by atoms with E-state index in [2.05, 4.69) is 4.90 Å². The Labute approximate surface area is 126 Å². The molecule has 1 unspecified atom stereocenters. The summed E-state index contributed by atoms with van der Waals surface area (Å²) in [4.78, 5) is 26.2. The number of ether oxygens (including phenoxy) is 1. The van der Waals surface area contributed by atoms with Gasteiger partial charge in [-0.05, 0) is 31.9 Å². The third-order valence-electron chi connectivity index (χ3n) is 3.91. The summed E-state index contributed by atoms with van der Waals surface area (Å²) < 4.78 is 5.13. The molecule has 0 saturated carbocycles. The van der Waals surface area contributed by atoms with Crippen molar-refractivity contribution in [2.45, 2.75) is 33.1 Å². The molecule has 4 heteroatoms. The summed E-state index contributed by atoms with van der Waals surface area (Å²) in [6, 6.07) is 7.67. The van der Waals surface area contributed by atoms with Crippen molar-refractivity contribution in [3.8, 4) is 0 Å². The molecule has 0 radical (unpaired) electrons. The number of hydrogen-bond donors (Lipinski definition) is 0. The van der Waals surface area contributed by atoms with Crippen LogP contribution in [0.2, 0.25) is 0 Å². The van der Waals surface area contributed by atoms with Crippen molar-refractivity contribution in [3.63, 3.8) is 0 Å². The minimum Gasteiger partial charge on any atom is -0.466 e. The van der Waals surface area contributed by atoms with E-state index in [1.807, 2.05) is 38.1 Å². The number of benzene rings is 1. The highest BCUT2D eigenvalue weighted by atomic mass is 16.5. The molecule has 1 heterocycles. The van der Waals surface area contributed by atoms with Gasteiger partial charge < -0.3 is 9.64 Å². The molecule has 1 aliphatic rings. The highest BCUT2D eigenvalue weighted by Crippen LogP contribution is 2.27. The molecule has 1 fully saturated rings. The van der Waals surface area contributed by atoms with Crippen LogP contribution in [-0.4, -0.2) is 31.4 Å². The standard InChI is InChI=1S/C17H23NO3/c1-3-16(19)14-9-5-6-10-15(14)18-11-7-8-13(12-18)17(20)21-4-2/h5-6,9-10,13H,3-4,7-8,11-12H2,1-2H3. The van der Waals surface area contributed by atoms with E-state index in [4.69, 9.17) is 4.74 Å². The van der Waals surface area contributed by atoms with E-state index < -0.39 is 0 Å². The molecule has 21 heavy (non-hydrogen) atoms. The Morgan fingerprint density at radius 3 is 2.76 bits per heavy atom. The molecule has 1 aromatic carbocycles. The molecular weight excluding hydrogens is 266 g/mol. The molecule has 0 amide bonds. The quantitative estimate of drug-likeness (QED) is 0.617. The third kappa shape index (κ3) is 3.63. The average Bonchev–Trinajstić information content (AvgIpc) is 2.54. The van der Waals surface area contributed by atoms with E-state index >= 15 is 0 Å². The number of Topliss-reactive ketones (excluding diaryl/α,β-unsaturated/α-hetero) is 1. The van der Waals surface area contributed by atoms with E-state index in [9.17, 15) is 9.59 Å². The number of anilines is 1. The summed E-state index contributed by atoms with van der Waals surface area (Å²) in [6.07, 6.45) is 2.30. The number of para-hydroxylation sites is 1. The van der Waals surface area contributed by atoms with Crippen molar-refractivity contribution in [1.29, 1.82) is 0 Å². The van der Waals surface area contributed by atoms with Crippen LogP contribution in [0, 0.1) is 5.92 Å². The summed E-state index contributed by atoms with van der Waals surface area (Å²) in [5, 5.41) is 0. The zero-order valence-corrected chi connectivity index (χ0v) is 12.8. The Kier molecular flexibility index (Phi) is 5.37. The molecule has 0 bridgehead atoms. The van der Waals surface area contributed by atoms with Gasteiger partial charge in [0.05, 0.1) is 12.5 Å². The summed E-state index contributed by atoms with van der Waals surface area (Å²) >= 11 is 0. The number of nitrogens with zero attached hydrogens (tertiary/aromatic N) is 1. The highest BCUT2D eigenvalue weighted by molar-refractivity contribution is 6.01. The van der Waals surface area contributed by atoms with Gasteiger partial charge in [0.15, 0.2) is 5.78 Å². The Bertz CT molecular complexity index is 513. The van der Waals surface area contributed by atoms with Gasteiger partial charge in [-0.25, -0.2) is 0 Å².